The highest BCUT2D eigenvalue weighted by Crippen LogP contribution is 2.28. The van der Waals surface area contributed by atoms with E-state index < -0.39 is 12.5 Å². The van der Waals surface area contributed by atoms with Crippen molar-refractivity contribution in [1.29, 1.82) is 0 Å². The molecule has 5 nitrogen and oxygen atoms in total. The summed E-state index contributed by atoms with van der Waals surface area (Å²) in [5.41, 5.74) is 1.99. The smallest absolute Gasteiger partial charge is 0.387 e. The topological polar surface area (TPSA) is 56.2 Å². The zero-order valence-corrected chi connectivity index (χ0v) is 12.6. The molecule has 7 heteroatoms. The fourth-order valence-corrected chi connectivity index (χ4v) is 2.03. The summed E-state index contributed by atoms with van der Waals surface area (Å²) in [7, 11) is 0. The lowest BCUT2D eigenvalue weighted by Crippen LogP contribution is -2.14. The standard InChI is InChI=1S/C15H17F2N3O2/c1-4-20-8-11(10(3)19-20)14(21)18-12-7-9(2)5-6-13(12)22-15(16)17/h5-8,15H,4H2,1-3H3,(H,18,21). The van der Waals surface area contributed by atoms with Crippen LogP contribution in [0.1, 0.15) is 28.5 Å². The number of carbonyl (C=O) groups is 1. The van der Waals surface area contributed by atoms with Crippen LogP contribution in [0, 0.1) is 13.8 Å². The molecule has 0 radical (unpaired) electrons. The number of anilines is 1. The fourth-order valence-electron chi connectivity index (χ4n) is 2.03. The summed E-state index contributed by atoms with van der Waals surface area (Å²) in [5.74, 6) is -0.489. The summed E-state index contributed by atoms with van der Waals surface area (Å²) in [6.07, 6.45) is 1.62. The van der Waals surface area contributed by atoms with E-state index in [1.54, 1.807) is 36.9 Å². The summed E-state index contributed by atoms with van der Waals surface area (Å²) in [5, 5.41) is 6.79. The quantitative estimate of drug-likeness (QED) is 0.921. The van der Waals surface area contributed by atoms with Crippen LogP contribution in [0.2, 0.25) is 0 Å². The minimum absolute atomic E-state index is 0.0745. The number of carbonyl (C=O) groups excluding carboxylic acids is 1. The Bertz CT molecular complexity index is 683. The highest BCUT2D eigenvalue weighted by Gasteiger charge is 2.16. The maximum absolute atomic E-state index is 12.4. The fraction of sp³-hybridized carbons (Fsp3) is 0.333. The van der Waals surface area contributed by atoms with Crippen LogP contribution in [-0.4, -0.2) is 22.3 Å². The Labute approximate surface area is 126 Å². The number of nitrogens with zero attached hydrogens (tertiary/aromatic N) is 2. The third-order valence-corrected chi connectivity index (χ3v) is 3.11. The second kappa shape index (κ2) is 6.55. The van der Waals surface area contributed by atoms with Gasteiger partial charge >= 0.3 is 6.61 Å². The molecule has 0 aliphatic carbocycles. The van der Waals surface area contributed by atoms with Gasteiger partial charge in [-0.15, -0.1) is 0 Å². The van der Waals surface area contributed by atoms with Gasteiger partial charge < -0.3 is 10.1 Å². The van der Waals surface area contributed by atoms with Crippen molar-refractivity contribution in [1.82, 2.24) is 9.78 Å². The average molecular weight is 309 g/mol. The number of aryl methyl sites for hydroxylation is 3. The van der Waals surface area contributed by atoms with Gasteiger partial charge in [0.2, 0.25) is 0 Å². The van der Waals surface area contributed by atoms with Crippen LogP contribution >= 0.6 is 0 Å². The van der Waals surface area contributed by atoms with Gasteiger partial charge in [0, 0.05) is 12.7 Å². The molecule has 0 bridgehead atoms. The van der Waals surface area contributed by atoms with Crippen LogP contribution < -0.4 is 10.1 Å². The molecular weight excluding hydrogens is 292 g/mol. The number of aromatic nitrogens is 2. The first-order chi connectivity index (χ1) is 10.4. The lowest BCUT2D eigenvalue weighted by molar-refractivity contribution is -0.0493. The number of hydrogen-bond donors (Lipinski definition) is 1. The van der Waals surface area contributed by atoms with E-state index in [0.29, 0.717) is 17.8 Å². The second-order valence-electron chi connectivity index (χ2n) is 4.82. The Kier molecular flexibility index (Phi) is 4.75. The predicted octanol–water partition coefficient (Wildman–Crippen LogP) is 3.37. The van der Waals surface area contributed by atoms with Crippen molar-refractivity contribution in [2.75, 3.05) is 5.32 Å². The number of alkyl halides is 2. The number of nitrogens with one attached hydrogen (secondary N) is 1. The molecular formula is C15H17F2N3O2. The number of hydrogen-bond acceptors (Lipinski definition) is 3. The van der Waals surface area contributed by atoms with E-state index in [2.05, 4.69) is 15.2 Å². The van der Waals surface area contributed by atoms with Gasteiger partial charge in [0.05, 0.1) is 16.9 Å². The first kappa shape index (κ1) is 15.9. The number of amides is 1. The summed E-state index contributed by atoms with van der Waals surface area (Å²) in [4.78, 5) is 12.3. The molecule has 0 fully saturated rings. The Morgan fingerprint density at radius 1 is 1.41 bits per heavy atom. The summed E-state index contributed by atoms with van der Waals surface area (Å²) in [6, 6.07) is 4.61. The molecule has 1 aromatic carbocycles. The molecule has 1 aromatic heterocycles. The van der Waals surface area contributed by atoms with Gasteiger partial charge in [0.1, 0.15) is 5.75 Å². The largest absolute Gasteiger partial charge is 0.433 e. The van der Waals surface area contributed by atoms with E-state index in [0.717, 1.165) is 5.56 Å². The van der Waals surface area contributed by atoms with Crippen molar-refractivity contribution in [2.24, 2.45) is 0 Å². The van der Waals surface area contributed by atoms with Gasteiger partial charge in [0.15, 0.2) is 0 Å². The molecule has 118 valence electrons. The van der Waals surface area contributed by atoms with Crippen molar-refractivity contribution in [3.05, 3.63) is 41.2 Å². The maximum atomic E-state index is 12.4. The zero-order chi connectivity index (χ0) is 16.3. The lowest BCUT2D eigenvalue weighted by atomic mass is 10.2. The molecule has 1 N–H and O–H groups in total. The monoisotopic (exact) mass is 309 g/mol. The Hall–Kier alpha value is -2.44. The predicted molar refractivity (Wildman–Crippen MR) is 78.4 cm³/mol. The molecule has 0 unspecified atom stereocenters. The molecule has 1 amide bonds. The van der Waals surface area contributed by atoms with E-state index in [1.165, 1.54) is 6.07 Å². The second-order valence-corrected chi connectivity index (χ2v) is 4.82. The van der Waals surface area contributed by atoms with Gasteiger partial charge in [-0.3, -0.25) is 9.48 Å². The Morgan fingerprint density at radius 3 is 2.73 bits per heavy atom. The molecule has 22 heavy (non-hydrogen) atoms. The van der Waals surface area contributed by atoms with Crippen LogP contribution in [0.5, 0.6) is 5.75 Å². The van der Waals surface area contributed by atoms with E-state index in [-0.39, 0.29) is 11.4 Å². The van der Waals surface area contributed by atoms with Gasteiger partial charge in [0.25, 0.3) is 5.91 Å². The maximum Gasteiger partial charge on any atom is 0.387 e. The first-order valence-electron chi connectivity index (χ1n) is 6.81. The molecule has 2 aromatic rings. The Balaban J connectivity index is 2.27. The van der Waals surface area contributed by atoms with E-state index in [4.69, 9.17) is 0 Å². The molecule has 0 aliphatic heterocycles. The minimum atomic E-state index is -2.96. The molecule has 1 heterocycles. The summed E-state index contributed by atoms with van der Waals surface area (Å²) >= 11 is 0. The summed E-state index contributed by atoms with van der Waals surface area (Å²) < 4.78 is 30.9. The molecule has 0 aliphatic rings. The van der Waals surface area contributed by atoms with Gasteiger partial charge in [-0.1, -0.05) is 6.07 Å². The third-order valence-electron chi connectivity index (χ3n) is 3.11. The van der Waals surface area contributed by atoms with Gasteiger partial charge in [-0.05, 0) is 38.5 Å². The van der Waals surface area contributed by atoms with Crippen molar-refractivity contribution < 1.29 is 18.3 Å². The van der Waals surface area contributed by atoms with Gasteiger partial charge in [-0.25, -0.2) is 0 Å². The normalized spacial score (nSPS) is 10.8. The molecule has 0 atom stereocenters. The molecule has 0 saturated heterocycles. The van der Waals surface area contributed by atoms with Gasteiger partial charge in [-0.2, -0.15) is 13.9 Å². The molecule has 0 saturated carbocycles. The number of benzene rings is 1. The zero-order valence-electron chi connectivity index (χ0n) is 12.6. The highest BCUT2D eigenvalue weighted by molar-refractivity contribution is 6.05. The van der Waals surface area contributed by atoms with Crippen LogP contribution in [0.3, 0.4) is 0 Å². The van der Waals surface area contributed by atoms with Crippen molar-refractivity contribution in [3.63, 3.8) is 0 Å². The number of ether oxygens (including phenoxy) is 1. The number of halogens is 2. The van der Waals surface area contributed by atoms with E-state index in [9.17, 15) is 13.6 Å². The van der Waals surface area contributed by atoms with Crippen LogP contribution in [-0.2, 0) is 6.54 Å². The number of rotatable bonds is 5. The first-order valence-corrected chi connectivity index (χ1v) is 6.81. The highest BCUT2D eigenvalue weighted by atomic mass is 19.3. The Morgan fingerprint density at radius 2 is 2.14 bits per heavy atom. The van der Waals surface area contributed by atoms with Crippen LogP contribution in [0.4, 0.5) is 14.5 Å². The summed E-state index contributed by atoms with van der Waals surface area (Å²) in [6.45, 7) is 3.10. The molecule has 2 rings (SSSR count). The van der Waals surface area contributed by atoms with E-state index in [1.807, 2.05) is 6.92 Å². The van der Waals surface area contributed by atoms with E-state index >= 15 is 0 Å². The third kappa shape index (κ3) is 3.60. The van der Waals surface area contributed by atoms with Crippen LogP contribution in [0.15, 0.2) is 24.4 Å². The SMILES string of the molecule is CCn1cc(C(=O)Nc2cc(C)ccc2OC(F)F)c(C)n1. The van der Waals surface area contributed by atoms with Crippen molar-refractivity contribution >= 4 is 11.6 Å². The lowest BCUT2D eigenvalue weighted by Gasteiger charge is -2.12. The van der Waals surface area contributed by atoms with Crippen LogP contribution in [0.25, 0.3) is 0 Å². The molecule has 0 spiro atoms. The average Bonchev–Trinajstić information content (AvgIpc) is 2.83. The van der Waals surface area contributed by atoms with Crippen molar-refractivity contribution in [3.8, 4) is 5.75 Å². The van der Waals surface area contributed by atoms with Crippen molar-refractivity contribution in [2.45, 2.75) is 33.9 Å². The minimum Gasteiger partial charge on any atom is -0.433 e.